The van der Waals surface area contributed by atoms with E-state index in [-0.39, 0.29) is 5.82 Å². The number of benzene rings is 2. The van der Waals surface area contributed by atoms with E-state index in [2.05, 4.69) is 15.7 Å². The highest BCUT2D eigenvalue weighted by atomic mass is 19.1. The Morgan fingerprint density at radius 1 is 1.20 bits per heavy atom. The third kappa shape index (κ3) is 3.42. The van der Waals surface area contributed by atoms with Crippen molar-refractivity contribution in [2.24, 2.45) is 7.05 Å². The topological polar surface area (TPSA) is 97.0 Å². The minimum Gasteiger partial charge on any atom is -0.390 e. The van der Waals surface area contributed by atoms with Crippen molar-refractivity contribution in [1.82, 2.24) is 24.9 Å². The normalized spacial score (nSPS) is 19.5. The van der Waals surface area contributed by atoms with Crippen molar-refractivity contribution in [3.05, 3.63) is 83.4 Å². The number of para-hydroxylation sites is 1. The van der Waals surface area contributed by atoms with Crippen LogP contribution < -0.4 is 10.6 Å². The summed E-state index contributed by atoms with van der Waals surface area (Å²) >= 11 is 0. The van der Waals surface area contributed by atoms with E-state index in [0.717, 1.165) is 40.8 Å². The number of nitrogens with zero attached hydrogens (tertiary/aromatic N) is 4. The van der Waals surface area contributed by atoms with Gasteiger partial charge in [0.2, 0.25) is 0 Å². The average molecular weight is 473 g/mol. The molecule has 0 saturated heterocycles. The van der Waals surface area contributed by atoms with Crippen LogP contribution in [-0.2, 0) is 12.5 Å². The lowest BCUT2D eigenvalue weighted by molar-refractivity contribution is 0.109. The number of halogens is 1. The number of amides is 2. The summed E-state index contributed by atoms with van der Waals surface area (Å²) in [5.74, 6) is 0.179. The van der Waals surface area contributed by atoms with E-state index in [1.54, 1.807) is 21.6 Å². The molecule has 2 amide bonds. The van der Waals surface area contributed by atoms with Gasteiger partial charge < -0.3 is 10.4 Å². The number of hydrogen-bond donors (Lipinski definition) is 3. The maximum absolute atomic E-state index is 13.9. The number of carbonyl (C=O) groups excluding carboxylic acids is 1. The number of urea groups is 1. The Labute approximate surface area is 201 Å². The van der Waals surface area contributed by atoms with Crippen LogP contribution in [-0.4, -0.2) is 36.8 Å². The lowest BCUT2D eigenvalue weighted by atomic mass is 9.96. The standard InChI is InChI=1S/C26H25FN6O2/c1-15-21(16-13-28-32(2)14-16)31-33(18-6-4-3-5-7-18)24(15)30-25(35)29-22-19-9-8-17(27)12-20(19)26(10-11-26)23(22)34/h3-9,12-14,22-23,34H,10-11H2,1-2H3,(H2,29,30,35)/t22-,23+/m1/s1. The first-order valence-corrected chi connectivity index (χ1v) is 11.6. The van der Waals surface area contributed by atoms with Crippen molar-refractivity contribution < 1.29 is 14.3 Å². The molecule has 2 atom stereocenters. The van der Waals surface area contributed by atoms with E-state index >= 15 is 0 Å². The van der Waals surface area contributed by atoms with Crippen molar-refractivity contribution in [3.63, 3.8) is 0 Å². The summed E-state index contributed by atoms with van der Waals surface area (Å²) in [7, 11) is 1.84. The van der Waals surface area contributed by atoms with Crippen molar-refractivity contribution in [3.8, 4) is 16.9 Å². The molecule has 0 bridgehead atoms. The first-order valence-electron chi connectivity index (χ1n) is 11.6. The third-order valence-corrected chi connectivity index (χ3v) is 7.18. The molecule has 2 aromatic heterocycles. The minimum absolute atomic E-state index is 0.336. The fourth-order valence-corrected chi connectivity index (χ4v) is 5.24. The molecule has 3 N–H and O–H groups in total. The Bertz CT molecular complexity index is 1440. The maximum atomic E-state index is 13.9. The first-order chi connectivity index (χ1) is 16.9. The van der Waals surface area contributed by atoms with Crippen LogP contribution in [0.25, 0.3) is 16.9 Å². The van der Waals surface area contributed by atoms with Gasteiger partial charge in [-0.3, -0.25) is 10.00 Å². The number of aliphatic hydroxyl groups is 1. The van der Waals surface area contributed by atoms with Gasteiger partial charge in [0, 0.05) is 29.8 Å². The molecule has 2 heterocycles. The molecule has 6 rings (SSSR count). The van der Waals surface area contributed by atoms with Gasteiger partial charge in [-0.1, -0.05) is 24.3 Å². The van der Waals surface area contributed by atoms with Gasteiger partial charge in [-0.2, -0.15) is 10.2 Å². The average Bonchev–Trinajstić information content (AvgIpc) is 3.39. The second-order valence-corrected chi connectivity index (χ2v) is 9.38. The Balaban J connectivity index is 1.33. The minimum atomic E-state index is -0.809. The summed E-state index contributed by atoms with van der Waals surface area (Å²) in [4.78, 5) is 13.2. The molecular weight excluding hydrogens is 447 g/mol. The van der Waals surface area contributed by atoms with Crippen LogP contribution in [0.5, 0.6) is 0 Å². The second-order valence-electron chi connectivity index (χ2n) is 9.38. The van der Waals surface area contributed by atoms with E-state index in [0.29, 0.717) is 11.5 Å². The van der Waals surface area contributed by atoms with Crippen molar-refractivity contribution in [2.45, 2.75) is 37.3 Å². The molecule has 178 valence electrons. The monoisotopic (exact) mass is 472 g/mol. The van der Waals surface area contributed by atoms with Gasteiger partial charge in [0.15, 0.2) is 0 Å². The molecule has 1 spiro atoms. The number of aryl methyl sites for hydroxylation is 1. The fourth-order valence-electron chi connectivity index (χ4n) is 5.24. The number of anilines is 1. The van der Waals surface area contributed by atoms with Gasteiger partial charge in [-0.15, -0.1) is 0 Å². The largest absolute Gasteiger partial charge is 0.390 e. The number of hydrogen-bond acceptors (Lipinski definition) is 4. The Morgan fingerprint density at radius 3 is 2.66 bits per heavy atom. The van der Waals surface area contributed by atoms with Gasteiger partial charge in [-0.25, -0.2) is 13.9 Å². The molecule has 1 saturated carbocycles. The first kappa shape index (κ1) is 21.5. The highest BCUT2D eigenvalue weighted by Gasteiger charge is 2.59. The quantitative estimate of drug-likeness (QED) is 0.418. The van der Waals surface area contributed by atoms with E-state index in [9.17, 15) is 14.3 Å². The van der Waals surface area contributed by atoms with E-state index in [1.165, 1.54) is 12.1 Å². The van der Waals surface area contributed by atoms with Gasteiger partial charge in [0.05, 0.1) is 24.0 Å². The molecule has 2 aromatic carbocycles. The zero-order chi connectivity index (χ0) is 24.3. The second kappa shape index (κ2) is 7.78. The highest BCUT2D eigenvalue weighted by molar-refractivity contribution is 5.91. The maximum Gasteiger partial charge on any atom is 0.320 e. The number of carbonyl (C=O) groups is 1. The zero-order valence-corrected chi connectivity index (χ0v) is 19.4. The summed E-state index contributed by atoms with van der Waals surface area (Å²) < 4.78 is 17.3. The molecule has 4 aromatic rings. The molecule has 1 fully saturated rings. The van der Waals surface area contributed by atoms with Crippen LogP contribution >= 0.6 is 0 Å². The fraction of sp³-hybridized carbons (Fsp3) is 0.269. The van der Waals surface area contributed by atoms with Crippen molar-refractivity contribution in [2.75, 3.05) is 5.32 Å². The summed E-state index contributed by atoms with van der Waals surface area (Å²) in [6.07, 6.45) is 4.34. The molecule has 0 aliphatic heterocycles. The smallest absolute Gasteiger partial charge is 0.320 e. The van der Waals surface area contributed by atoms with Gasteiger partial charge >= 0.3 is 6.03 Å². The number of rotatable bonds is 4. The van der Waals surface area contributed by atoms with E-state index in [1.807, 2.05) is 50.5 Å². The number of fused-ring (bicyclic) bond motifs is 2. The van der Waals surface area contributed by atoms with E-state index in [4.69, 9.17) is 5.10 Å². The lowest BCUT2D eigenvalue weighted by Gasteiger charge is -2.21. The van der Waals surface area contributed by atoms with Crippen LogP contribution in [0.15, 0.2) is 60.9 Å². The van der Waals surface area contributed by atoms with Crippen LogP contribution in [0.4, 0.5) is 15.0 Å². The number of nitrogens with one attached hydrogen (secondary N) is 2. The third-order valence-electron chi connectivity index (χ3n) is 7.18. The van der Waals surface area contributed by atoms with E-state index < -0.39 is 23.6 Å². The molecule has 9 heteroatoms. The predicted molar refractivity (Wildman–Crippen MR) is 129 cm³/mol. The Hall–Kier alpha value is -3.98. The number of aromatic nitrogens is 4. The van der Waals surface area contributed by atoms with Gasteiger partial charge in [-0.05, 0) is 55.2 Å². The predicted octanol–water partition coefficient (Wildman–Crippen LogP) is 3.99. The van der Waals surface area contributed by atoms with Gasteiger partial charge in [0.1, 0.15) is 17.3 Å². The summed E-state index contributed by atoms with van der Waals surface area (Å²) in [6.45, 7) is 1.89. The molecule has 35 heavy (non-hydrogen) atoms. The highest BCUT2D eigenvalue weighted by Crippen LogP contribution is 2.60. The lowest BCUT2D eigenvalue weighted by Crippen LogP contribution is -2.39. The summed E-state index contributed by atoms with van der Waals surface area (Å²) in [5.41, 5.74) is 4.20. The van der Waals surface area contributed by atoms with Crippen LogP contribution in [0, 0.1) is 12.7 Å². The van der Waals surface area contributed by atoms with Crippen LogP contribution in [0.1, 0.15) is 35.6 Å². The van der Waals surface area contributed by atoms with Crippen LogP contribution in [0.3, 0.4) is 0 Å². The van der Waals surface area contributed by atoms with Crippen molar-refractivity contribution >= 4 is 11.8 Å². The Kier molecular flexibility index (Phi) is 4.79. The van der Waals surface area contributed by atoms with Crippen LogP contribution in [0.2, 0.25) is 0 Å². The summed E-state index contributed by atoms with van der Waals surface area (Å²) in [6, 6.07) is 13.0. The molecule has 0 radical (unpaired) electrons. The molecule has 8 nitrogen and oxygen atoms in total. The van der Waals surface area contributed by atoms with Crippen molar-refractivity contribution in [1.29, 1.82) is 0 Å². The van der Waals surface area contributed by atoms with Gasteiger partial charge in [0.25, 0.3) is 0 Å². The molecule has 0 unspecified atom stereocenters. The molecule has 2 aliphatic rings. The Morgan fingerprint density at radius 2 is 1.97 bits per heavy atom. The molecule has 2 aliphatic carbocycles. The summed E-state index contributed by atoms with van der Waals surface area (Å²) in [5, 5.41) is 25.9. The zero-order valence-electron chi connectivity index (χ0n) is 19.4. The number of aliphatic hydroxyl groups excluding tert-OH is 1. The SMILES string of the molecule is Cc1c(-c2cnn(C)c2)nn(-c2ccccc2)c1NC(=O)N[C@@H]1c2ccc(F)cc2C2(CC2)[C@H]1O. The molecular formula is C26H25FN6O2.